The van der Waals surface area contributed by atoms with Crippen molar-refractivity contribution in [3.8, 4) is 21.9 Å². The molecule has 0 saturated carbocycles. The second-order valence-electron chi connectivity index (χ2n) is 3.64. The second-order valence-corrected chi connectivity index (χ2v) is 4.64. The lowest BCUT2D eigenvalue weighted by Gasteiger charge is -2.09. The summed E-state index contributed by atoms with van der Waals surface area (Å²) in [5.41, 5.74) is 4.41. The van der Waals surface area contributed by atoms with Gasteiger partial charge in [-0.1, -0.05) is 11.3 Å². The quantitative estimate of drug-likeness (QED) is 0.656. The second kappa shape index (κ2) is 5.24. The first kappa shape index (κ1) is 12.7. The number of methoxy groups -OCH3 is 2. The summed E-state index contributed by atoms with van der Waals surface area (Å²) in [7, 11) is 3.28. The number of hydrogen-bond acceptors (Lipinski definition) is 6. The molecule has 0 bridgehead atoms. The van der Waals surface area contributed by atoms with Gasteiger partial charge in [-0.15, -0.1) is 0 Å². The first-order valence-corrected chi connectivity index (χ1v) is 6.17. The number of thiazole rings is 1. The van der Waals surface area contributed by atoms with E-state index in [1.807, 2.05) is 25.1 Å². The lowest BCUT2D eigenvalue weighted by molar-refractivity contribution is 0.404. The van der Waals surface area contributed by atoms with Crippen molar-refractivity contribution in [1.82, 2.24) is 4.98 Å². The molecule has 0 aliphatic rings. The van der Waals surface area contributed by atoms with Gasteiger partial charge in [-0.2, -0.15) is 0 Å². The van der Waals surface area contributed by atoms with Gasteiger partial charge in [-0.25, -0.2) is 10.8 Å². The minimum absolute atomic E-state index is 0.673. The lowest BCUT2D eigenvalue weighted by atomic mass is 10.1. The van der Waals surface area contributed by atoms with Crippen LogP contribution in [0.2, 0.25) is 0 Å². The lowest BCUT2D eigenvalue weighted by Crippen LogP contribution is -2.05. The van der Waals surface area contributed by atoms with Crippen LogP contribution in [0.1, 0.15) is 5.69 Å². The number of nitrogens with two attached hydrogens (primary N) is 1. The van der Waals surface area contributed by atoms with E-state index in [9.17, 15) is 0 Å². The monoisotopic (exact) mass is 265 g/mol. The van der Waals surface area contributed by atoms with Crippen LogP contribution in [-0.2, 0) is 0 Å². The molecule has 6 heteroatoms. The van der Waals surface area contributed by atoms with Crippen molar-refractivity contribution in [2.75, 3.05) is 19.6 Å². The summed E-state index contributed by atoms with van der Waals surface area (Å²) in [4.78, 5) is 5.34. The highest BCUT2D eigenvalue weighted by Gasteiger charge is 2.14. The zero-order chi connectivity index (χ0) is 13.1. The zero-order valence-corrected chi connectivity index (χ0v) is 11.3. The third-order valence-electron chi connectivity index (χ3n) is 2.57. The first-order chi connectivity index (χ1) is 8.69. The summed E-state index contributed by atoms with van der Waals surface area (Å²) < 4.78 is 10.6. The van der Waals surface area contributed by atoms with E-state index in [0.717, 1.165) is 27.6 Å². The smallest absolute Gasteiger partial charge is 0.197 e. The number of benzene rings is 1. The summed E-state index contributed by atoms with van der Waals surface area (Å²) in [6.07, 6.45) is 0. The average Bonchev–Trinajstić information content (AvgIpc) is 2.79. The average molecular weight is 265 g/mol. The van der Waals surface area contributed by atoms with Crippen LogP contribution >= 0.6 is 11.3 Å². The van der Waals surface area contributed by atoms with Gasteiger partial charge in [0.25, 0.3) is 0 Å². The zero-order valence-electron chi connectivity index (χ0n) is 10.5. The number of anilines is 1. The fourth-order valence-corrected chi connectivity index (χ4v) is 2.60. The molecule has 0 fully saturated rings. The summed E-state index contributed by atoms with van der Waals surface area (Å²) in [6, 6.07) is 5.67. The molecule has 2 aromatic rings. The van der Waals surface area contributed by atoms with Crippen molar-refractivity contribution in [3.63, 3.8) is 0 Å². The SMILES string of the molecule is COc1ccc(OC)c(-c2sc(NN)nc2C)c1. The Bertz CT molecular complexity index is 554. The molecule has 0 radical (unpaired) electrons. The van der Waals surface area contributed by atoms with Gasteiger partial charge < -0.3 is 9.47 Å². The van der Waals surface area contributed by atoms with Gasteiger partial charge in [0.2, 0.25) is 0 Å². The number of ether oxygens (including phenoxy) is 2. The molecule has 18 heavy (non-hydrogen) atoms. The van der Waals surface area contributed by atoms with Gasteiger partial charge in [-0.05, 0) is 25.1 Å². The molecule has 0 atom stereocenters. The molecule has 0 saturated heterocycles. The molecule has 3 N–H and O–H groups in total. The minimum Gasteiger partial charge on any atom is -0.497 e. The van der Waals surface area contributed by atoms with Crippen molar-refractivity contribution < 1.29 is 9.47 Å². The van der Waals surface area contributed by atoms with Crippen molar-refractivity contribution >= 4 is 16.5 Å². The molecule has 0 unspecified atom stereocenters. The third-order valence-corrected chi connectivity index (χ3v) is 3.69. The maximum Gasteiger partial charge on any atom is 0.197 e. The maximum atomic E-state index is 5.38. The van der Waals surface area contributed by atoms with E-state index in [0.29, 0.717) is 5.13 Å². The first-order valence-electron chi connectivity index (χ1n) is 5.36. The summed E-state index contributed by atoms with van der Waals surface area (Å²) in [5.74, 6) is 6.94. The Balaban J connectivity index is 2.56. The number of nitrogens with one attached hydrogen (secondary N) is 1. The molecule has 0 amide bonds. The molecule has 0 aliphatic heterocycles. The number of rotatable bonds is 4. The Morgan fingerprint density at radius 3 is 2.61 bits per heavy atom. The molecular formula is C12H15N3O2S. The van der Waals surface area contributed by atoms with E-state index in [4.69, 9.17) is 15.3 Å². The van der Waals surface area contributed by atoms with Crippen LogP contribution < -0.4 is 20.7 Å². The van der Waals surface area contributed by atoms with Crippen molar-refractivity contribution in [3.05, 3.63) is 23.9 Å². The normalized spacial score (nSPS) is 10.2. The molecule has 1 aromatic carbocycles. The van der Waals surface area contributed by atoms with E-state index in [1.54, 1.807) is 14.2 Å². The van der Waals surface area contributed by atoms with E-state index in [2.05, 4.69) is 10.4 Å². The van der Waals surface area contributed by atoms with E-state index in [1.165, 1.54) is 11.3 Å². The van der Waals surface area contributed by atoms with Crippen LogP contribution in [-0.4, -0.2) is 19.2 Å². The Labute approximate surface area is 110 Å². The van der Waals surface area contributed by atoms with Crippen molar-refractivity contribution in [1.29, 1.82) is 0 Å². The molecule has 1 heterocycles. The van der Waals surface area contributed by atoms with Gasteiger partial charge in [0.15, 0.2) is 5.13 Å². The van der Waals surface area contributed by atoms with Crippen LogP contribution in [0.3, 0.4) is 0 Å². The van der Waals surface area contributed by atoms with Gasteiger partial charge in [0.1, 0.15) is 11.5 Å². The van der Waals surface area contributed by atoms with Crippen LogP contribution in [0, 0.1) is 6.92 Å². The molecule has 1 aromatic heterocycles. The number of nitrogen functional groups attached to an aromatic ring is 1. The van der Waals surface area contributed by atoms with Crippen LogP contribution in [0.5, 0.6) is 11.5 Å². The molecule has 2 rings (SSSR count). The van der Waals surface area contributed by atoms with Crippen LogP contribution in [0.15, 0.2) is 18.2 Å². The minimum atomic E-state index is 0.673. The number of nitrogens with zero attached hydrogens (tertiary/aromatic N) is 1. The number of hydrogen-bond donors (Lipinski definition) is 2. The van der Waals surface area contributed by atoms with Gasteiger partial charge in [-0.3, -0.25) is 5.43 Å². The fraction of sp³-hybridized carbons (Fsp3) is 0.250. The maximum absolute atomic E-state index is 5.38. The van der Waals surface area contributed by atoms with E-state index >= 15 is 0 Å². The molecule has 96 valence electrons. The molecule has 5 nitrogen and oxygen atoms in total. The van der Waals surface area contributed by atoms with E-state index < -0.39 is 0 Å². The number of aromatic nitrogens is 1. The molecule has 0 spiro atoms. The fourth-order valence-electron chi connectivity index (χ4n) is 1.70. The summed E-state index contributed by atoms with van der Waals surface area (Å²) >= 11 is 1.48. The molecular weight excluding hydrogens is 250 g/mol. The summed E-state index contributed by atoms with van der Waals surface area (Å²) in [6.45, 7) is 1.94. The van der Waals surface area contributed by atoms with Gasteiger partial charge in [0.05, 0.1) is 24.8 Å². The highest BCUT2D eigenvalue weighted by molar-refractivity contribution is 7.19. The Kier molecular flexibility index (Phi) is 3.69. The Morgan fingerprint density at radius 2 is 2.06 bits per heavy atom. The van der Waals surface area contributed by atoms with Gasteiger partial charge >= 0.3 is 0 Å². The van der Waals surface area contributed by atoms with Crippen LogP contribution in [0.4, 0.5) is 5.13 Å². The predicted octanol–water partition coefficient (Wildman–Crippen LogP) is 2.42. The standard InChI is InChI=1S/C12H15N3O2S/c1-7-11(18-12(14-7)15-13)9-6-8(16-2)4-5-10(9)17-3/h4-6H,13H2,1-3H3,(H,14,15). The largest absolute Gasteiger partial charge is 0.497 e. The van der Waals surface area contributed by atoms with Crippen molar-refractivity contribution in [2.45, 2.75) is 6.92 Å². The highest BCUT2D eigenvalue weighted by Crippen LogP contribution is 2.39. The predicted molar refractivity (Wildman–Crippen MR) is 73.2 cm³/mol. The summed E-state index contributed by atoms with van der Waals surface area (Å²) in [5, 5.41) is 0.673. The number of aryl methyl sites for hydroxylation is 1. The van der Waals surface area contributed by atoms with Crippen molar-refractivity contribution in [2.24, 2.45) is 5.84 Å². The highest BCUT2D eigenvalue weighted by atomic mass is 32.1. The third kappa shape index (κ3) is 2.25. The molecule has 0 aliphatic carbocycles. The topological polar surface area (TPSA) is 69.4 Å². The van der Waals surface area contributed by atoms with Gasteiger partial charge in [0, 0.05) is 5.56 Å². The Hall–Kier alpha value is -1.79. The van der Waals surface area contributed by atoms with E-state index in [-0.39, 0.29) is 0 Å². The van der Waals surface area contributed by atoms with Crippen LogP contribution in [0.25, 0.3) is 10.4 Å². The Morgan fingerprint density at radius 1 is 1.28 bits per heavy atom. The number of hydrazine groups is 1.